The molecule has 1 aromatic rings. The van der Waals surface area contributed by atoms with Gasteiger partial charge in [0.2, 0.25) is 0 Å². The molecule has 0 aromatic heterocycles. The predicted octanol–water partition coefficient (Wildman–Crippen LogP) is 3.16. The van der Waals surface area contributed by atoms with Gasteiger partial charge in [0.05, 0.1) is 22.9 Å². The summed E-state index contributed by atoms with van der Waals surface area (Å²) in [6, 6.07) is 5.49. The maximum atomic E-state index is 11.3. The van der Waals surface area contributed by atoms with Crippen LogP contribution in [0.2, 0.25) is 5.02 Å². The fraction of sp³-hybridized carbons (Fsp3) is 0.500. The molecule has 2 rings (SSSR count). The van der Waals surface area contributed by atoms with Gasteiger partial charge in [-0.15, -0.1) is 0 Å². The minimum absolute atomic E-state index is 0.0344. The number of morpholine rings is 1. The molecule has 98 valence electrons. The summed E-state index contributed by atoms with van der Waals surface area (Å²) < 4.78 is 5.70. The zero-order chi connectivity index (χ0) is 13.3. The van der Waals surface area contributed by atoms with Crippen LogP contribution in [0.15, 0.2) is 18.2 Å². The fourth-order valence-electron chi connectivity index (χ4n) is 2.36. The Morgan fingerprint density at radius 1 is 1.33 bits per heavy atom. The topological polar surface area (TPSA) is 29.5 Å². The SMILES string of the molecule is CC(=O)c1ccc(N2C[C@@H](C)O[C@@H](C)C2)c(Cl)c1. The maximum absolute atomic E-state index is 11.3. The molecule has 0 radical (unpaired) electrons. The highest BCUT2D eigenvalue weighted by Crippen LogP contribution is 2.29. The second-order valence-electron chi connectivity index (χ2n) is 4.88. The van der Waals surface area contributed by atoms with Gasteiger partial charge in [-0.1, -0.05) is 11.6 Å². The van der Waals surface area contributed by atoms with Crippen molar-refractivity contribution in [3.8, 4) is 0 Å². The Bertz CT molecular complexity index is 451. The molecule has 0 aliphatic carbocycles. The van der Waals surface area contributed by atoms with Crippen LogP contribution in [0.3, 0.4) is 0 Å². The number of Topliss-reactive ketones (excluding diaryl/α,β-unsaturated/α-hetero) is 1. The van der Waals surface area contributed by atoms with Crippen molar-refractivity contribution in [1.29, 1.82) is 0 Å². The molecule has 0 N–H and O–H groups in total. The van der Waals surface area contributed by atoms with Gasteiger partial charge in [0.15, 0.2) is 5.78 Å². The number of benzene rings is 1. The Labute approximate surface area is 113 Å². The molecule has 0 amide bonds. The summed E-state index contributed by atoms with van der Waals surface area (Å²) in [6.45, 7) is 7.30. The first-order valence-electron chi connectivity index (χ1n) is 6.18. The molecule has 18 heavy (non-hydrogen) atoms. The quantitative estimate of drug-likeness (QED) is 0.771. The van der Waals surface area contributed by atoms with Crippen molar-refractivity contribution < 1.29 is 9.53 Å². The van der Waals surface area contributed by atoms with Crippen molar-refractivity contribution in [2.45, 2.75) is 33.0 Å². The molecule has 0 unspecified atom stereocenters. The van der Waals surface area contributed by atoms with Crippen LogP contribution in [0.25, 0.3) is 0 Å². The third kappa shape index (κ3) is 2.85. The van der Waals surface area contributed by atoms with Crippen molar-refractivity contribution in [3.05, 3.63) is 28.8 Å². The Kier molecular flexibility index (Phi) is 3.93. The normalized spacial score (nSPS) is 24.1. The maximum Gasteiger partial charge on any atom is 0.159 e. The minimum Gasteiger partial charge on any atom is -0.372 e. The number of ether oxygens (including phenoxy) is 1. The first kappa shape index (κ1) is 13.4. The Morgan fingerprint density at radius 2 is 1.94 bits per heavy atom. The zero-order valence-electron chi connectivity index (χ0n) is 10.9. The van der Waals surface area contributed by atoms with Crippen LogP contribution in [0.1, 0.15) is 31.1 Å². The Hall–Kier alpha value is -1.06. The minimum atomic E-state index is 0.0344. The Balaban J connectivity index is 2.25. The summed E-state index contributed by atoms with van der Waals surface area (Å²) in [7, 11) is 0. The summed E-state index contributed by atoms with van der Waals surface area (Å²) in [5.41, 5.74) is 1.63. The van der Waals surface area contributed by atoms with Crippen molar-refractivity contribution in [1.82, 2.24) is 0 Å². The van der Waals surface area contributed by atoms with Crippen molar-refractivity contribution in [2.75, 3.05) is 18.0 Å². The number of anilines is 1. The van der Waals surface area contributed by atoms with E-state index in [1.807, 2.05) is 12.1 Å². The van der Waals surface area contributed by atoms with Crippen molar-refractivity contribution >= 4 is 23.1 Å². The number of carbonyl (C=O) groups excluding carboxylic acids is 1. The van der Waals surface area contributed by atoms with E-state index in [-0.39, 0.29) is 18.0 Å². The van der Waals surface area contributed by atoms with E-state index in [1.165, 1.54) is 0 Å². The van der Waals surface area contributed by atoms with Crippen LogP contribution in [0.5, 0.6) is 0 Å². The average molecular weight is 268 g/mol. The van der Waals surface area contributed by atoms with E-state index in [4.69, 9.17) is 16.3 Å². The number of halogens is 1. The van der Waals surface area contributed by atoms with Gasteiger partial charge in [0.25, 0.3) is 0 Å². The molecule has 0 bridgehead atoms. The van der Waals surface area contributed by atoms with Crippen LogP contribution in [-0.2, 0) is 4.74 Å². The van der Waals surface area contributed by atoms with Crippen LogP contribution >= 0.6 is 11.6 Å². The van der Waals surface area contributed by atoms with Crippen LogP contribution < -0.4 is 4.90 Å². The highest BCUT2D eigenvalue weighted by Gasteiger charge is 2.23. The summed E-state index contributed by atoms with van der Waals surface area (Å²) >= 11 is 6.27. The largest absolute Gasteiger partial charge is 0.372 e. The fourth-order valence-corrected chi connectivity index (χ4v) is 2.66. The van der Waals surface area contributed by atoms with E-state index >= 15 is 0 Å². The summed E-state index contributed by atoms with van der Waals surface area (Å²) in [4.78, 5) is 13.5. The number of hydrogen-bond acceptors (Lipinski definition) is 3. The molecule has 1 heterocycles. The second kappa shape index (κ2) is 5.29. The second-order valence-corrected chi connectivity index (χ2v) is 5.29. The molecule has 3 nitrogen and oxygen atoms in total. The molecule has 0 saturated carbocycles. The lowest BCUT2D eigenvalue weighted by Gasteiger charge is -2.37. The monoisotopic (exact) mass is 267 g/mol. The van der Waals surface area contributed by atoms with Gasteiger partial charge in [-0.3, -0.25) is 4.79 Å². The Morgan fingerprint density at radius 3 is 2.44 bits per heavy atom. The number of ketones is 1. The van der Waals surface area contributed by atoms with E-state index in [9.17, 15) is 4.79 Å². The van der Waals surface area contributed by atoms with Gasteiger partial charge < -0.3 is 9.64 Å². The molecular formula is C14H18ClNO2. The molecule has 1 aromatic carbocycles. The van der Waals surface area contributed by atoms with Crippen LogP contribution in [-0.4, -0.2) is 31.1 Å². The first-order valence-corrected chi connectivity index (χ1v) is 6.56. The van der Waals surface area contributed by atoms with Crippen molar-refractivity contribution in [2.24, 2.45) is 0 Å². The van der Waals surface area contributed by atoms with Crippen LogP contribution in [0.4, 0.5) is 5.69 Å². The zero-order valence-corrected chi connectivity index (χ0v) is 11.7. The highest BCUT2D eigenvalue weighted by atomic mass is 35.5. The molecule has 1 saturated heterocycles. The number of hydrogen-bond donors (Lipinski definition) is 0. The van der Waals surface area contributed by atoms with E-state index in [0.29, 0.717) is 10.6 Å². The van der Waals surface area contributed by atoms with Gasteiger partial charge >= 0.3 is 0 Å². The molecule has 0 spiro atoms. The number of rotatable bonds is 2. The van der Waals surface area contributed by atoms with Gasteiger partial charge in [0.1, 0.15) is 0 Å². The lowest BCUT2D eigenvalue weighted by molar-refractivity contribution is -0.00521. The molecular weight excluding hydrogens is 250 g/mol. The molecule has 2 atom stereocenters. The predicted molar refractivity (Wildman–Crippen MR) is 73.7 cm³/mol. The summed E-state index contributed by atoms with van der Waals surface area (Å²) in [5, 5.41) is 0.629. The van der Waals surface area contributed by atoms with Gasteiger partial charge in [-0.25, -0.2) is 0 Å². The van der Waals surface area contributed by atoms with E-state index < -0.39 is 0 Å². The summed E-state index contributed by atoms with van der Waals surface area (Å²) in [6.07, 6.45) is 0.384. The molecule has 4 heteroatoms. The van der Waals surface area contributed by atoms with Gasteiger partial charge in [-0.2, -0.15) is 0 Å². The number of carbonyl (C=O) groups is 1. The average Bonchev–Trinajstić information content (AvgIpc) is 2.27. The lowest BCUT2D eigenvalue weighted by atomic mass is 10.1. The third-order valence-electron chi connectivity index (χ3n) is 3.11. The molecule has 1 fully saturated rings. The number of nitrogens with zero attached hydrogens (tertiary/aromatic N) is 1. The molecule has 1 aliphatic rings. The molecule has 1 aliphatic heterocycles. The van der Waals surface area contributed by atoms with Crippen molar-refractivity contribution in [3.63, 3.8) is 0 Å². The third-order valence-corrected chi connectivity index (χ3v) is 3.42. The van der Waals surface area contributed by atoms with Crippen LogP contribution in [0, 0.1) is 0 Å². The van der Waals surface area contributed by atoms with E-state index in [2.05, 4.69) is 18.7 Å². The van der Waals surface area contributed by atoms with E-state index in [1.54, 1.807) is 13.0 Å². The standard InChI is InChI=1S/C14H18ClNO2/c1-9-7-16(8-10(2)18-9)14-5-4-12(11(3)17)6-13(14)15/h4-6,9-10H,7-8H2,1-3H3/t9-,10+. The van der Waals surface area contributed by atoms with Gasteiger partial charge in [0, 0.05) is 18.7 Å². The first-order chi connectivity index (χ1) is 8.47. The van der Waals surface area contributed by atoms with E-state index in [0.717, 1.165) is 18.8 Å². The summed E-state index contributed by atoms with van der Waals surface area (Å²) in [5.74, 6) is 0.0344. The van der Waals surface area contributed by atoms with Gasteiger partial charge in [-0.05, 0) is 39.0 Å². The smallest absolute Gasteiger partial charge is 0.159 e. The lowest BCUT2D eigenvalue weighted by Crippen LogP contribution is -2.45. The highest BCUT2D eigenvalue weighted by molar-refractivity contribution is 6.33.